The first-order chi connectivity index (χ1) is 12.7. The van der Waals surface area contributed by atoms with Crippen LogP contribution in [0.1, 0.15) is 31.9 Å². The number of pyridine rings is 1. The lowest BCUT2D eigenvalue weighted by molar-refractivity contribution is 0.0589. The first-order valence-electron chi connectivity index (χ1n) is 8.71. The minimum absolute atomic E-state index is 0.387. The van der Waals surface area contributed by atoms with Crippen LogP contribution < -0.4 is 15.5 Å². The standard InChI is InChI=1S/C20H26N4O2S/c1-20(2,3)26-19(25)24(4)17-7-5-6-16(12-17)14-23-18(27)22-13-15-8-10-21-11-9-15/h5-12H,13-14H2,1-4H3,(H2,22,23,27). The first kappa shape index (κ1) is 20.6. The molecule has 144 valence electrons. The summed E-state index contributed by atoms with van der Waals surface area (Å²) in [5.74, 6) is 0. The summed E-state index contributed by atoms with van der Waals surface area (Å²) in [6.45, 7) is 6.73. The molecule has 0 fully saturated rings. The highest BCUT2D eigenvalue weighted by Crippen LogP contribution is 2.18. The van der Waals surface area contributed by atoms with Crippen LogP contribution in [-0.4, -0.2) is 28.8 Å². The second-order valence-electron chi connectivity index (χ2n) is 7.10. The lowest BCUT2D eigenvalue weighted by atomic mass is 10.2. The number of amides is 1. The Balaban J connectivity index is 1.87. The zero-order valence-electron chi connectivity index (χ0n) is 16.2. The molecular formula is C20H26N4O2S. The molecule has 2 N–H and O–H groups in total. The number of rotatable bonds is 5. The number of anilines is 1. The Labute approximate surface area is 165 Å². The van der Waals surface area contributed by atoms with Crippen molar-refractivity contribution in [2.24, 2.45) is 0 Å². The van der Waals surface area contributed by atoms with Crippen LogP contribution in [0, 0.1) is 0 Å². The maximum absolute atomic E-state index is 12.2. The summed E-state index contributed by atoms with van der Waals surface area (Å²) in [4.78, 5) is 17.7. The first-order valence-corrected chi connectivity index (χ1v) is 9.12. The van der Waals surface area contributed by atoms with Crippen LogP contribution in [0.5, 0.6) is 0 Å². The van der Waals surface area contributed by atoms with Gasteiger partial charge in [0.05, 0.1) is 0 Å². The molecule has 7 heteroatoms. The van der Waals surface area contributed by atoms with Crippen LogP contribution in [0.4, 0.5) is 10.5 Å². The predicted octanol–water partition coefficient (Wildman–Crippen LogP) is 3.62. The third-order valence-electron chi connectivity index (χ3n) is 3.62. The highest BCUT2D eigenvalue weighted by Gasteiger charge is 2.20. The van der Waals surface area contributed by atoms with Gasteiger partial charge in [-0.25, -0.2) is 4.79 Å². The van der Waals surface area contributed by atoms with E-state index in [4.69, 9.17) is 17.0 Å². The molecule has 0 radical (unpaired) electrons. The molecule has 1 aromatic carbocycles. The van der Waals surface area contributed by atoms with Crippen molar-refractivity contribution in [1.82, 2.24) is 15.6 Å². The average Bonchev–Trinajstić information content (AvgIpc) is 2.63. The summed E-state index contributed by atoms with van der Waals surface area (Å²) in [6, 6.07) is 11.6. The molecule has 0 aliphatic rings. The molecule has 27 heavy (non-hydrogen) atoms. The number of ether oxygens (including phenoxy) is 1. The van der Waals surface area contributed by atoms with Crippen molar-refractivity contribution in [2.75, 3.05) is 11.9 Å². The lowest BCUT2D eigenvalue weighted by Crippen LogP contribution is -2.35. The number of thiocarbonyl (C=S) groups is 1. The Hall–Kier alpha value is -2.67. The summed E-state index contributed by atoms with van der Waals surface area (Å²) in [5.41, 5.74) is 2.35. The molecule has 0 spiro atoms. The number of carbonyl (C=O) groups is 1. The lowest BCUT2D eigenvalue weighted by Gasteiger charge is -2.25. The zero-order valence-corrected chi connectivity index (χ0v) is 17.0. The van der Waals surface area contributed by atoms with Crippen LogP contribution in [0.3, 0.4) is 0 Å². The normalized spacial score (nSPS) is 10.8. The SMILES string of the molecule is CN(C(=O)OC(C)(C)C)c1cccc(CNC(=S)NCc2ccncc2)c1. The van der Waals surface area contributed by atoms with Gasteiger partial charge in [0.1, 0.15) is 5.60 Å². The van der Waals surface area contributed by atoms with Crippen molar-refractivity contribution in [3.63, 3.8) is 0 Å². The van der Waals surface area contributed by atoms with E-state index in [9.17, 15) is 4.79 Å². The monoisotopic (exact) mass is 386 g/mol. The van der Waals surface area contributed by atoms with Gasteiger partial charge in [-0.2, -0.15) is 0 Å². The number of nitrogens with zero attached hydrogens (tertiary/aromatic N) is 2. The number of hydrogen-bond donors (Lipinski definition) is 2. The van der Waals surface area contributed by atoms with Gasteiger partial charge in [0.15, 0.2) is 5.11 Å². The summed E-state index contributed by atoms with van der Waals surface area (Å²) in [6.07, 6.45) is 3.11. The van der Waals surface area contributed by atoms with Crippen LogP contribution in [0.15, 0.2) is 48.8 Å². The van der Waals surface area contributed by atoms with Crippen molar-refractivity contribution in [3.05, 3.63) is 59.9 Å². The topological polar surface area (TPSA) is 66.5 Å². The van der Waals surface area contributed by atoms with Crippen LogP contribution in [-0.2, 0) is 17.8 Å². The molecule has 2 rings (SSSR count). The van der Waals surface area contributed by atoms with E-state index in [1.807, 2.05) is 57.2 Å². The number of nitrogens with one attached hydrogen (secondary N) is 2. The van der Waals surface area contributed by atoms with Crippen LogP contribution in [0.2, 0.25) is 0 Å². The summed E-state index contributed by atoms with van der Waals surface area (Å²) >= 11 is 5.32. The van der Waals surface area contributed by atoms with Gasteiger partial charge in [-0.05, 0) is 68.4 Å². The van der Waals surface area contributed by atoms with E-state index in [0.717, 1.165) is 16.8 Å². The van der Waals surface area contributed by atoms with Gasteiger partial charge in [0.2, 0.25) is 0 Å². The molecule has 0 aliphatic carbocycles. The summed E-state index contributed by atoms with van der Waals surface area (Å²) in [5, 5.41) is 6.90. The van der Waals surface area contributed by atoms with Crippen LogP contribution >= 0.6 is 12.2 Å². The minimum Gasteiger partial charge on any atom is -0.443 e. The molecule has 2 aromatic rings. The van der Waals surface area contributed by atoms with Crippen molar-refractivity contribution in [3.8, 4) is 0 Å². The van der Waals surface area contributed by atoms with E-state index < -0.39 is 5.60 Å². The molecule has 6 nitrogen and oxygen atoms in total. The van der Waals surface area contributed by atoms with Crippen molar-refractivity contribution < 1.29 is 9.53 Å². The molecular weight excluding hydrogens is 360 g/mol. The number of hydrogen-bond acceptors (Lipinski definition) is 4. The van der Waals surface area contributed by atoms with Gasteiger partial charge in [0, 0.05) is 38.2 Å². The number of benzene rings is 1. The van der Waals surface area contributed by atoms with E-state index in [1.165, 1.54) is 4.90 Å². The van der Waals surface area contributed by atoms with Crippen LogP contribution in [0.25, 0.3) is 0 Å². The van der Waals surface area contributed by atoms with Gasteiger partial charge in [-0.3, -0.25) is 9.88 Å². The maximum Gasteiger partial charge on any atom is 0.414 e. The van der Waals surface area contributed by atoms with E-state index in [0.29, 0.717) is 18.2 Å². The molecule has 0 aliphatic heterocycles. The molecule has 1 amide bonds. The number of aromatic nitrogens is 1. The average molecular weight is 387 g/mol. The van der Waals surface area contributed by atoms with Gasteiger partial charge < -0.3 is 15.4 Å². The summed E-state index contributed by atoms with van der Waals surface area (Å²) in [7, 11) is 1.70. The molecule has 1 heterocycles. The smallest absolute Gasteiger partial charge is 0.414 e. The predicted molar refractivity (Wildman–Crippen MR) is 112 cm³/mol. The quantitative estimate of drug-likeness (QED) is 0.765. The number of carbonyl (C=O) groups excluding carboxylic acids is 1. The van der Waals surface area contributed by atoms with Gasteiger partial charge in [-0.15, -0.1) is 0 Å². The highest BCUT2D eigenvalue weighted by atomic mass is 32.1. The minimum atomic E-state index is -0.531. The largest absolute Gasteiger partial charge is 0.443 e. The second-order valence-corrected chi connectivity index (χ2v) is 7.51. The Kier molecular flexibility index (Phi) is 7.12. The Bertz CT molecular complexity index is 775. The fourth-order valence-electron chi connectivity index (χ4n) is 2.24. The van der Waals surface area contributed by atoms with E-state index in [1.54, 1.807) is 19.4 Å². The van der Waals surface area contributed by atoms with Crippen molar-refractivity contribution >= 4 is 29.1 Å². The van der Waals surface area contributed by atoms with Crippen molar-refractivity contribution in [2.45, 2.75) is 39.5 Å². The Morgan fingerprint density at radius 2 is 1.74 bits per heavy atom. The Morgan fingerprint density at radius 3 is 2.37 bits per heavy atom. The van der Waals surface area contributed by atoms with E-state index >= 15 is 0 Å². The third kappa shape index (κ3) is 7.22. The molecule has 0 atom stereocenters. The summed E-state index contributed by atoms with van der Waals surface area (Å²) < 4.78 is 5.40. The van der Waals surface area contributed by atoms with Gasteiger partial charge in [0.25, 0.3) is 0 Å². The third-order valence-corrected chi connectivity index (χ3v) is 3.91. The fraction of sp³-hybridized carbons (Fsp3) is 0.350. The molecule has 1 aromatic heterocycles. The van der Waals surface area contributed by atoms with E-state index in [-0.39, 0.29) is 6.09 Å². The molecule has 0 bridgehead atoms. The maximum atomic E-state index is 12.2. The Morgan fingerprint density at radius 1 is 1.11 bits per heavy atom. The van der Waals surface area contributed by atoms with Crippen molar-refractivity contribution in [1.29, 1.82) is 0 Å². The highest BCUT2D eigenvalue weighted by molar-refractivity contribution is 7.80. The van der Waals surface area contributed by atoms with E-state index in [2.05, 4.69) is 15.6 Å². The van der Waals surface area contributed by atoms with Gasteiger partial charge >= 0.3 is 6.09 Å². The molecule has 0 saturated carbocycles. The fourth-order valence-corrected chi connectivity index (χ4v) is 2.38. The molecule has 0 unspecified atom stereocenters. The second kappa shape index (κ2) is 9.32. The molecule has 0 saturated heterocycles. The van der Waals surface area contributed by atoms with Gasteiger partial charge in [-0.1, -0.05) is 12.1 Å². The zero-order chi connectivity index (χ0) is 19.9.